The zero-order valence-corrected chi connectivity index (χ0v) is 12.8. The van der Waals surface area contributed by atoms with Gasteiger partial charge in [0.25, 0.3) is 0 Å². The van der Waals surface area contributed by atoms with Gasteiger partial charge in [0.15, 0.2) is 0 Å². The van der Waals surface area contributed by atoms with E-state index >= 15 is 0 Å². The molecular weight excluding hydrogens is 302 g/mol. The molecule has 0 saturated carbocycles. The van der Waals surface area contributed by atoms with Gasteiger partial charge < -0.3 is 14.8 Å². The fourth-order valence-corrected chi connectivity index (χ4v) is 2.89. The number of nitrogens with zero attached hydrogens (tertiary/aromatic N) is 3. The molecular formula is C16H18F2N4O. The molecule has 0 radical (unpaired) electrons. The van der Waals surface area contributed by atoms with Crippen molar-refractivity contribution in [3.63, 3.8) is 0 Å². The van der Waals surface area contributed by atoms with E-state index in [1.54, 1.807) is 11.1 Å². The van der Waals surface area contributed by atoms with Crippen LogP contribution in [0.15, 0.2) is 30.6 Å². The summed E-state index contributed by atoms with van der Waals surface area (Å²) >= 11 is 0. The molecule has 1 atom stereocenters. The molecule has 122 valence electrons. The second kappa shape index (κ2) is 6.45. The minimum Gasteiger partial charge on any atom is -0.336 e. The number of hydrogen-bond donors (Lipinski definition) is 1. The highest BCUT2D eigenvalue weighted by Gasteiger charge is 2.31. The first-order valence-electron chi connectivity index (χ1n) is 7.48. The Bertz CT molecular complexity index is 696. The molecule has 1 fully saturated rings. The molecule has 1 N–H and O–H groups in total. The Labute approximate surface area is 132 Å². The molecule has 1 saturated heterocycles. The molecule has 1 amide bonds. The lowest BCUT2D eigenvalue weighted by Gasteiger charge is -2.36. The van der Waals surface area contributed by atoms with E-state index in [0.29, 0.717) is 19.6 Å². The van der Waals surface area contributed by atoms with Crippen molar-refractivity contribution < 1.29 is 13.6 Å². The molecule has 5 nitrogen and oxygen atoms in total. The van der Waals surface area contributed by atoms with Gasteiger partial charge in [0.05, 0.1) is 6.42 Å². The van der Waals surface area contributed by atoms with Crippen molar-refractivity contribution in [3.05, 3.63) is 53.6 Å². The maximum Gasteiger partial charge on any atom is 0.227 e. The number of piperazine rings is 1. The topological polar surface area (TPSA) is 50.2 Å². The molecule has 1 aliphatic rings. The van der Waals surface area contributed by atoms with Crippen molar-refractivity contribution in [1.29, 1.82) is 0 Å². The number of aromatic nitrogens is 2. The lowest BCUT2D eigenvalue weighted by atomic mass is 10.1. The summed E-state index contributed by atoms with van der Waals surface area (Å²) in [7, 11) is 1.86. The maximum absolute atomic E-state index is 13.8. The molecule has 1 aromatic carbocycles. The van der Waals surface area contributed by atoms with Crippen LogP contribution < -0.4 is 5.32 Å². The quantitative estimate of drug-likeness (QED) is 0.930. The molecule has 7 heteroatoms. The molecule has 1 aromatic heterocycles. The molecule has 0 bridgehead atoms. The van der Waals surface area contributed by atoms with Crippen molar-refractivity contribution >= 4 is 5.91 Å². The van der Waals surface area contributed by atoms with E-state index in [4.69, 9.17) is 0 Å². The Kier molecular flexibility index (Phi) is 4.38. The van der Waals surface area contributed by atoms with Gasteiger partial charge in [0.2, 0.25) is 5.91 Å². The van der Waals surface area contributed by atoms with E-state index in [-0.39, 0.29) is 23.9 Å². The molecule has 0 aliphatic carbocycles. The third kappa shape index (κ3) is 3.10. The van der Waals surface area contributed by atoms with Gasteiger partial charge in [-0.2, -0.15) is 0 Å². The highest BCUT2D eigenvalue weighted by Crippen LogP contribution is 2.22. The van der Waals surface area contributed by atoms with Gasteiger partial charge in [-0.05, 0) is 12.1 Å². The fourth-order valence-electron chi connectivity index (χ4n) is 2.89. The predicted molar refractivity (Wildman–Crippen MR) is 80.6 cm³/mol. The number of benzene rings is 1. The van der Waals surface area contributed by atoms with Gasteiger partial charge in [0, 0.05) is 44.6 Å². The van der Waals surface area contributed by atoms with Crippen molar-refractivity contribution in [3.8, 4) is 0 Å². The number of nitrogens with one attached hydrogen (secondary N) is 1. The standard InChI is InChI=1S/C16H18F2N4O/c1-21-7-6-20-16(21)14-10-19-5-8-22(14)15(23)9-11-12(17)3-2-4-13(11)18/h2-4,6-7,14,19H,5,8-10H2,1H3. The summed E-state index contributed by atoms with van der Waals surface area (Å²) in [6, 6.07) is 3.38. The van der Waals surface area contributed by atoms with Crippen LogP contribution in [-0.2, 0) is 18.3 Å². The van der Waals surface area contributed by atoms with E-state index in [2.05, 4.69) is 10.3 Å². The number of halogens is 2. The van der Waals surface area contributed by atoms with Gasteiger partial charge in [-0.15, -0.1) is 0 Å². The normalized spacial score (nSPS) is 18.2. The summed E-state index contributed by atoms with van der Waals surface area (Å²) < 4.78 is 29.4. The maximum atomic E-state index is 13.8. The number of amides is 1. The smallest absolute Gasteiger partial charge is 0.227 e. The number of imidazole rings is 1. The summed E-state index contributed by atoms with van der Waals surface area (Å²) in [5.41, 5.74) is -0.186. The molecule has 23 heavy (non-hydrogen) atoms. The van der Waals surface area contributed by atoms with Crippen LogP contribution in [0.25, 0.3) is 0 Å². The van der Waals surface area contributed by atoms with E-state index in [1.165, 1.54) is 18.2 Å². The Morgan fingerprint density at radius 3 is 2.78 bits per heavy atom. The summed E-state index contributed by atoms with van der Waals surface area (Å²) in [5, 5.41) is 3.23. The minimum absolute atomic E-state index is 0.186. The van der Waals surface area contributed by atoms with Crippen LogP contribution in [-0.4, -0.2) is 40.0 Å². The summed E-state index contributed by atoms with van der Waals surface area (Å²) in [5.74, 6) is -0.938. The van der Waals surface area contributed by atoms with Crippen LogP contribution >= 0.6 is 0 Å². The largest absolute Gasteiger partial charge is 0.336 e. The fraction of sp³-hybridized carbons (Fsp3) is 0.375. The van der Waals surface area contributed by atoms with Crippen LogP contribution in [0.4, 0.5) is 8.78 Å². The van der Waals surface area contributed by atoms with E-state index in [0.717, 1.165) is 5.82 Å². The van der Waals surface area contributed by atoms with E-state index < -0.39 is 11.6 Å². The van der Waals surface area contributed by atoms with Crippen molar-refractivity contribution in [2.24, 2.45) is 7.05 Å². The minimum atomic E-state index is -0.693. The molecule has 3 rings (SSSR count). The second-order valence-corrected chi connectivity index (χ2v) is 5.58. The van der Waals surface area contributed by atoms with Crippen molar-refractivity contribution in [2.45, 2.75) is 12.5 Å². The average Bonchev–Trinajstić information content (AvgIpc) is 2.97. The number of carbonyl (C=O) groups is 1. The highest BCUT2D eigenvalue weighted by atomic mass is 19.1. The van der Waals surface area contributed by atoms with Crippen LogP contribution in [0.3, 0.4) is 0 Å². The first-order chi connectivity index (χ1) is 11.1. The van der Waals surface area contributed by atoms with Crippen LogP contribution in [0.1, 0.15) is 17.4 Å². The summed E-state index contributed by atoms with van der Waals surface area (Å²) in [6.07, 6.45) is 3.19. The van der Waals surface area contributed by atoms with E-state index in [1.807, 2.05) is 17.8 Å². The van der Waals surface area contributed by atoms with Gasteiger partial charge in [-0.3, -0.25) is 4.79 Å². The van der Waals surface area contributed by atoms with Gasteiger partial charge >= 0.3 is 0 Å². The van der Waals surface area contributed by atoms with Crippen LogP contribution in [0.2, 0.25) is 0 Å². The lowest BCUT2D eigenvalue weighted by molar-refractivity contribution is -0.134. The monoisotopic (exact) mass is 320 g/mol. The molecule has 0 spiro atoms. The Hall–Kier alpha value is -2.28. The second-order valence-electron chi connectivity index (χ2n) is 5.58. The number of carbonyl (C=O) groups excluding carboxylic acids is 1. The Morgan fingerprint density at radius 2 is 2.13 bits per heavy atom. The number of aryl methyl sites for hydroxylation is 1. The predicted octanol–water partition coefficient (Wildman–Crippen LogP) is 1.41. The van der Waals surface area contributed by atoms with Gasteiger partial charge in [-0.1, -0.05) is 6.07 Å². The van der Waals surface area contributed by atoms with Crippen LogP contribution in [0.5, 0.6) is 0 Å². The summed E-state index contributed by atoms with van der Waals surface area (Å²) in [6.45, 7) is 1.69. The number of rotatable bonds is 3. The highest BCUT2D eigenvalue weighted by molar-refractivity contribution is 5.79. The van der Waals surface area contributed by atoms with Crippen LogP contribution in [0, 0.1) is 11.6 Å². The summed E-state index contributed by atoms with van der Waals surface area (Å²) in [4.78, 5) is 18.6. The average molecular weight is 320 g/mol. The molecule has 1 unspecified atom stereocenters. The van der Waals surface area contributed by atoms with Gasteiger partial charge in [0.1, 0.15) is 23.5 Å². The molecule has 2 heterocycles. The lowest BCUT2D eigenvalue weighted by Crippen LogP contribution is -2.50. The molecule has 2 aromatic rings. The Morgan fingerprint density at radius 1 is 1.39 bits per heavy atom. The van der Waals surface area contributed by atoms with E-state index in [9.17, 15) is 13.6 Å². The van der Waals surface area contributed by atoms with Crippen molar-refractivity contribution in [1.82, 2.24) is 19.8 Å². The zero-order chi connectivity index (χ0) is 16.4. The third-order valence-electron chi connectivity index (χ3n) is 4.11. The van der Waals surface area contributed by atoms with Crippen molar-refractivity contribution in [2.75, 3.05) is 19.6 Å². The first kappa shape index (κ1) is 15.6. The molecule has 1 aliphatic heterocycles. The Balaban J connectivity index is 1.83. The third-order valence-corrected chi connectivity index (χ3v) is 4.11. The van der Waals surface area contributed by atoms with Gasteiger partial charge in [-0.25, -0.2) is 13.8 Å². The zero-order valence-electron chi connectivity index (χ0n) is 12.8. The SMILES string of the molecule is Cn1ccnc1C1CNCCN1C(=O)Cc1c(F)cccc1F. The number of hydrogen-bond acceptors (Lipinski definition) is 3. The first-order valence-corrected chi connectivity index (χ1v) is 7.48.